The van der Waals surface area contributed by atoms with Crippen LogP contribution in [0.4, 0.5) is 0 Å². The van der Waals surface area contributed by atoms with Crippen molar-refractivity contribution in [3.05, 3.63) is 22.2 Å². The largest absolute Gasteiger partial charge is 0.490 e. The highest BCUT2D eigenvalue weighted by Crippen LogP contribution is 2.37. The minimum absolute atomic E-state index is 0.0517. The van der Waals surface area contributed by atoms with Crippen LogP contribution in [0.2, 0.25) is 0 Å². The number of hydrogen-bond donors (Lipinski definition) is 2. The van der Waals surface area contributed by atoms with E-state index in [-0.39, 0.29) is 19.1 Å². The summed E-state index contributed by atoms with van der Waals surface area (Å²) in [4.78, 5) is 11.7. The molecule has 0 bridgehead atoms. The first-order valence-electron chi connectivity index (χ1n) is 7.09. The quantitative estimate of drug-likeness (QED) is 0.748. The van der Waals surface area contributed by atoms with Crippen molar-refractivity contribution in [3.63, 3.8) is 0 Å². The Bertz CT molecular complexity index is 503. The van der Waals surface area contributed by atoms with Crippen molar-refractivity contribution in [3.8, 4) is 11.5 Å². The maximum absolute atomic E-state index is 11.7. The Kier molecular flexibility index (Phi) is 5.87. The summed E-state index contributed by atoms with van der Waals surface area (Å²) in [6.45, 7) is 2.94. The van der Waals surface area contributed by atoms with Gasteiger partial charge in [-0.2, -0.15) is 0 Å². The van der Waals surface area contributed by atoms with Crippen LogP contribution in [0.25, 0.3) is 0 Å². The smallest absolute Gasteiger partial charge is 0.257 e. The fourth-order valence-corrected chi connectivity index (χ4v) is 2.49. The summed E-state index contributed by atoms with van der Waals surface area (Å²) in [6, 6.07) is 3.46. The Morgan fingerprint density at radius 3 is 2.81 bits per heavy atom. The number of amides is 1. The van der Waals surface area contributed by atoms with Gasteiger partial charge in [0.1, 0.15) is 0 Å². The van der Waals surface area contributed by atoms with Gasteiger partial charge in [0.05, 0.1) is 17.7 Å². The van der Waals surface area contributed by atoms with Gasteiger partial charge < -0.3 is 19.9 Å². The lowest BCUT2D eigenvalue weighted by Gasteiger charge is -2.15. The van der Waals surface area contributed by atoms with Gasteiger partial charge in [-0.15, -0.1) is 0 Å². The van der Waals surface area contributed by atoms with Gasteiger partial charge in [0.2, 0.25) is 0 Å². The second-order valence-corrected chi connectivity index (χ2v) is 5.89. The molecular formula is C15H20BrNO4. The summed E-state index contributed by atoms with van der Waals surface area (Å²) in [6.07, 6.45) is 2.40. The first kappa shape index (κ1) is 16.1. The molecule has 5 nitrogen and oxygen atoms in total. The molecule has 1 aliphatic rings. The summed E-state index contributed by atoms with van der Waals surface area (Å²) in [5, 5.41) is 12.1. The Morgan fingerprint density at radius 1 is 1.43 bits per heavy atom. The molecule has 21 heavy (non-hydrogen) atoms. The number of halogens is 1. The van der Waals surface area contributed by atoms with E-state index in [1.165, 1.54) is 12.8 Å². The normalized spacial score (nSPS) is 13.9. The average Bonchev–Trinajstić information content (AvgIpc) is 3.28. The Morgan fingerprint density at radius 2 is 2.19 bits per heavy atom. The van der Waals surface area contributed by atoms with Crippen LogP contribution in [0.15, 0.2) is 16.6 Å². The molecule has 0 saturated heterocycles. The van der Waals surface area contributed by atoms with Crippen LogP contribution in [0.3, 0.4) is 0 Å². The molecule has 0 radical (unpaired) electrons. The molecule has 2 N–H and O–H groups in total. The first-order chi connectivity index (χ1) is 10.1. The standard InChI is InChI=1S/C15H20BrNO4/c1-2-20-13-6-11(8-18)5-12(16)15(13)21-9-14(19)17-7-10-3-4-10/h5-6,10,18H,2-4,7-9H2,1H3,(H,17,19). The molecule has 2 rings (SSSR count). The molecule has 116 valence electrons. The second kappa shape index (κ2) is 7.66. The molecule has 1 fully saturated rings. The molecule has 0 heterocycles. The summed E-state index contributed by atoms with van der Waals surface area (Å²) >= 11 is 3.38. The average molecular weight is 358 g/mol. The summed E-state index contributed by atoms with van der Waals surface area (Å²) < 4.78 is 11.7. The van der Waals surface area contributed by atoms with E-state index in [4.69, 9.17) is 9.47 Å². The second-order valence-electron chi connectivity index (χ2n) is 5.03. The highest BCUT2D eigenvalue weighted by Gasteiger charge is 2.22. The van der Waals surface area contributed by atoms with Crippen molar-refractivity contribution in [2.24, 2.45) is 5.92 Å². The third-order valence-electron chi connectivity index (χ3n) is 3.18. The third kappa shape index (κ3) is 4.89. The Balaban J connectivity index is 1.97. The summed E-state index contributed by atoms with van der Waals surface area (Å²) in [5.74, 6) is 1.51. The van der Waals surface area contributed by atoms with E-state index in [0.717, 1.165) is 12.1 Å². The first-order valence-corrected chi connectivity index (χ1v) is 7.89. The number of aliphatic hydroxyl groups excluding tert-OH is 1. The van der Waals surface area contributed by atoms with Crippen LogP contribution < -0.4 is 14.8 Å². The Hall–Kier alpha value is -1.27. The number of rotatable bonds is 8. The lowest BCUT2D eigenvalue weighted by Crippen LogP contribution is -2.30. The molecule has 1 amide bonds. The van der Waals surface area contributed by atoms with E-state index in [9.17, 15) is 9.90 Å². The monoisotopic (exact) mass is 357 g/mol. The number of nitrogens with one attached hydrogen (secondary N) is 1. The molecule has 6 heteroatoms. The van der Waals surface area contributed by atoms with Crippen molar-refractivity contribution >= 4 is 21.8 Å². The molecule has 0 unspecified atom stereocenters. The minimum Gasteiger partial charge on any atom is -0.490 e. The van der Waals surface area contributed by atoms with Crippen molar-refractivity contribution < 1.29 is 19.4 Å². The molecule has 1 aliphatic carbocycles. The van der Waals surface area contributed by atoms with Crippen molar-refractivity contribution in [1.29, 1.82) is 0 Å². The van der Waals surface area contributed by atoms with Crippen molar-refractivity contribution in [2.45, 2.75) is 26.4 Å². The van der Waals surface area contributed by atoms with Gasteiger partial charge in [0.25, 0.3) is 5.91 Å². The van der Waals surface area contributed by atoms with Gasteiger partial charge in [-0.3, -0.25) is 4.79 Å². The van der Waals surface area contributed by atoms with Gasteiger partial charge in [-0.25, -0.2) is 0 Å². The number of aliphatic hydroxyl groups is 1. The molecule has 0 spiro atoms. The van der Waals surface area contributed by atoms with E-state index in [0.29, 0.717) is 28.5 Å². The minimum atomic E-state index is -0.137. The zero-order valence-corrected chi connectivity index (χ0v) is 13.6. The van der Waals surface area contributed by atoms with E-state index >= 15 is 0 Å². The van der Waals surface area contributed by atoms with Crippen LogP contribution >= 0.6 is 15.9 Å². The number of ether oxygens (including phenoxy) is 2. The van der Waals surface area contributed by atoms with Crippen LogP contribution in [0.5, 0.6) is 11.5 Å². The van der Waals surface area contributed by atoms with E-state index in [1.807, 2.05) is 6.92 Å². The van der Waals surface area contributed by atoms with Crippen LogP contribution in [0.1, 0.15) is 25.3 Å². The van der Waals surface area contributed by atoms with Gasteiger partial charge >= 0.3 is 0 Å². The number of benzene rings is 1. The molecule has 1 aromatic carbocycles. The van der Waals surface area contributed by atoms with Gasteiger partial charge in [0, 0.05) is 6.54 Å². The molecule has 1 aromatic rings. The summed E-state index contributed by atoms with van der Waals surface area (Å²) in [7, 11) is 0. The van der Waals surface area contributed by atoms with Crippen molar-refractivity contribution in [1.82, 2.24) is 5.32 Å². The highest BCUT2D eigenvalue weighted by atomic mass is 79.9. The SMILES string of the molecule is CCOc1cc(CO)cc(Br)c1OCC(=O)NCC1CC1. The fourth-order valence-electron chi connectivity index (χ4n) is 1.88. The van der Waals surface area contributed by atoms with Gasteiger partial charge in [-0.05, 0) is 59.3 Å². The molecule has 0 aromatic heterocycles. The number of carbonyl (C=O) groups is 1. The zero-order chi connectivity index (χ0) is 15.2. The zero-order valence-electron chi connectivity index (χ0n) is 12.0. The lowest BCUT2D eigenvalue weighted by atomic mass is 10.2. The maximum atomic E-state index is 11.7. The van der Waals surface area contributed by atoms with E-state index < -0.39 is 0 Å². The fraction of sp³-hybridized carbons (Fsp3) is 0.533. The predicted octanol–water partition coefficient (Wildman–Crippen LogP) is 2.25. The highest BCUT2D eigenvalue weighted by molar-refractivity contribution is 9.10. The molecule has 0 aliphatic heterocycles. The lowest BCUT2D eigenvalue weighted by molar-refractivity contribution is -0.123. The summed E-state index contributed by atoms with van der Waals surface area (Å²) in [5.41, 5.74) is 0.718. The molecule has 1 saturated carbocycles. The Labute approximate surface area is 132 Å². The third-order valence-corrected chi connectivity index (χ3v) is 3.77. The molecular weight excluding hydrogens is 338 g/mol. The van der Waals surface area contributed by atoms with Crippen LogP contribution in [-0.4, -0.2) is 30.8 Å². The number of carbonyl (C=O) groups excluding carboxylic acids is 1. The van der Waals surface area contributed by atoms with Crippen LogP contribution in [0, 0.1) is 5.92 Å². The van der Waals surface area contributed by atoms with Gasteiger partial charge in [0.15, 0.2) is 18.1 Å². The van der Waals surface area contributed by atoms with Crippen LogP contribution in [-0.2, 0) is 11.4 Å². The number of hydrogen-bond acceptors (Lipinski definition) is 4. The van der Waals surface area contributed by atoms with E-state index in [1.54, 1.807) is 12.1 Å². The molecule has 0 atom stereocenters. The van der Waals surface area contributed by atoms with E-state index in [2.05, 4.69) is 21.2 Å². The van der Waals surface area contributed by atoms with Gasteiger partial charge in [-0.1, -0.05) is 0 Å². The topological polar surface area (TPSA) is 67.8 Å². The predicted molar refractivity (Wildman–Crippen MR) is 82.5 cm³/mol. The maximum Gasteiger partial charge on any atom is 0.257 e. The van der Waals surface area contributed by atoms with Crippen molar-refractivity contribution in [2.75, 3.05) is 19.8 Å².